The summed E-state index contributed by atoms with van der Waals surface area (Å²) >= 11 is 0. The second kappa shape index (κ2) is 8.63. The molecule has 0 N–H and O–H groups in total. The fourth-order valence-electron chi connectivity index (χ4n) is 2.89. The molecular weight excluding hydrogens is 388 g/mol. The molecule has 0 unspecified atom stereocenters. The van der Waals surface area contributed by atoms with Gasteiger partial charge >= 0.3 is 0 Å². The number of hydrogen-bond donors (Lipinski definition) is 0. The molecule has 6 nitrogen and oxygen atoms in total. The Morgan fingerprint density at radius 3 is 2.21 bits per heavy atom. The molecule has 7 heteroatoms. The number of carbonyl (C=O) groups excluding carboxylic acids is 1. The summed E-state index contributed by atoms with van der Waals surface area (Å²) in [6, 6.07) is 19.5. The van der Waals surface area contributed by atoms with Crippen molar-refractivity contribution in [1.29, 1.82) is 0 Å². The van der Waals surface area contributed by atoms with Crippen LogP contribution in [0.1, 0.15) is 27.4 Å². The SMILES string of the molecule is Cc1ccc(S(=O)(=O)N(C)Cc2ccc(C(=O)N(C)Cc3ccccc3)o2)cc1. The lowest BCUT2D eigenvalue weighted by Gasteiger charge is -2.17. The third-order valence-electron chi connectivity index (χ3n) is 4.59. The number of aryl methyl sites for hydroxylation is 1. The Bertz CT molecular complexity index is 1070. The number of benzene rings is 2. The molecule has 0 radical (unpaired) electrons. The number of rotatable bonds is 7. The molecule has 1 amide bonds. The van der Waals surface area contributed by atoms with Crippen LogP contribution in [0.2, 0.25) is 0 Å². The van der Waals surface area contributed by atoms with Crippen LogP contribution in [-0.2, 0) is 23.1 Å². The topological polar surface area (TPSA) is 70.8 Å². The van der Waals surface area contributed by atoms with Crippen LogP contribution in [0.25, 0.3) is 0 Å². The van der Waals surface area contributed by atoms with Crippen molar-refractivity contribution in [2.24, 2.45) is 0 Å². The monoisotopic (exact) mass is 412 g/mol. The zero-order valence-electron chi connectivity index (χ0n) is 16.7. The van der Waals surface area contributed by atoms with E-state index < -0.39 is 10.0 Å². The standard InChI is InChI=1S/C22H24N2O4S/c1-17-9-12-20(13-10-17)29(26,27)24(3)16-19-11-14-21(28-19)22(25)23(2)15-18-7-5-4-6-8-18/h4-14H,15-16H2,1-3H3. The second-order valence-electron chi connectivity index (χ2n) is 6.99. The van der Waals surface area contributed by atoms with Gasteiger partial charge in [-0.1, -0.05) is 48.0 Å². The number of amides is 1. The van der Waals surface area contributed by atoms with Gasteiger partial charge in [0.15, 0.2) is 5.76 Å². The minimum atomic E-state index is -3.64. The summed E-state index contributed by atoms with van der Waals surface area (Å²) in [6.07, 6.45) is 0. The van der Waals surface area contributed by atoms with Gasteiger partial charge in [0, 0.05) is 20.6 Å². The van der Waals surface area contributed by atoms with Crippen LogP contribution in [0.4, 0.5) is 0 Å². The molecule has 0 bridgehead atoms. The summed E-state index contributed by atoms with van der Waals surface area (Å²) in [6.45, 7) is 2.39. The average Bonchev–Trinajstić information content (AvgIpc) is 3.17. The van der Waals surface area contributed by atoms with Gasteiger partial charge in [0.2, 0.25) is 10.0 Å². The van der Waals surface area contributed by atoms with Crippen LogP contribution >= 0.6 is 0 Å². The maximum atomic E-state index is 12.7. The first-order chi connectivity index (χ1) is 13.8. The molecule has 0 aliphatic rings. The van der Waals surface area contributed by atoms with Crippen LogP contribution in [0.5, 0.6) is 0 Å². The van der Waals surface area contributed by atoms with Crippen molar-refractivity contribution in [2.45, 2.75) is 24.9 Å². The first-order valence-corrected chi connectivity index (χ1v) is 10.6. The maximum absolute atomic E-state index is 12.7. The van der Waals surface area contributed by atoms with Crippen LogP contribution in [-0.4, -0.2) is 37.6 Å². The van der Waals surface area contributed by atoms with Gasteiger partial charge in [0.1, 0.15) is 5.76 Å². The largest absolute Gasteiger partial charge is 0.455 e. The lowest BCUT2D eigenvalue weighted by atomic mass is 10.2. The van der Waals surface area contributed by atoms with E-state index in [0.717, 1.165) is 11.1 Å². The van der Waals surface area contributed by atoms with Crippen LogP contribution in [0.3, 0.4) is 0 Å². The van der Waals surface area contributed by atoms with Crippen LogP contribution in [0.15, 0.2) is 76.0 Å². The predicted octanol–water partition coefficient (Wildman–Crippen LogP) is 3.68. The van der Waals surface area contributed by atoms with Gasteiger partial charge in [-0.05, 0) is 36.8 Å². The molecule has 1 aromatic heterocycles. The average molecular weight is 413 g/mol. The minimum absolute atomic E-state index is 0.0336. The van der Waals surface area contributed by atoms with E-state index >= 15 is 0 Å². The fraction of sp³-hybridized carbons (Fsp3) is 0.227. The number of furan rings is 1. The number of sulfonamides is 1. The lowest BCUT2D eigenvalue weighted by Crippen LogP contribution is -2.26. The van der Waals surface area contributed by atoms with Gasteiger partial charge in [-0.25, -0.2) is 8.42 Å². The Kier molecular flexibility index (Phi) is 6.20. The highest BCUT2D eigenvalue weighted by Gasteiger charge is 2.23. The Hall–Kier alpha value is -2.90. The molecule has 0 aliphatic heterocycles. The van der Waals surface area contributed by atoms with Gasteiger partial charge in [-0.15, -0.1) is 0 Å². The van der Waals surface area contributed by atoms with E-state index in [1.165, 1.54) is 11.4 Å². The Balaban J connectivity index is 1.67. The summed E-state index contributed by atoms with van der Waals surface area (Å²) in [5.41, 5.74) is 2.00. The summed E-state index contributed by atoms with van der Waals surface area (Å²) in [5, 5.41) is 0. The van der Waals surface area contributed by atoms with Crippen molar-refractivity contribution in [1.82, 2.24) is 9.21 Å². The van der Waals surface area contributed by atoms with Crippen molar-refractivity contribution in [3.8, 4) is 0 Å². The predicted molar refractivity (Wildman–Crippen MR) is 111 cm³/mol. The van der Waals surface area contributed by atoms with E-state index in [2.05, 4.69) is 0 Å². The smallest absolute Gasteiger partial charge is 0.289 e. The van der Waals surface area contributed by atoms with E-state index in [0.29, 0.717) is 12.3 Å². The van der Waals surface area contributed by atoms with Gasteiger partial charge in [-0.2, -0.15) is 4.31 Å². The highest BCUT2D eigenvalue weighted by Crippen LogP contribution is 2.19. The van der Waals surface area contributed by atoms with Gasteiger partial charge in [-0.3, -0.25) is 4.79 Å². The molecular formula is C22H24N2O4S. The summed E-state index contributed by atoms with van der Waals surface area (Å²) in [5.74, 6) is 0.323. The number of hydrogen-bond acceptors (Lipinski definition) is 4. The first-order valence-electron chi connectivity index (χ1n) is 9.18. The third kappa shape index (κ3) is 4.93. The highest BCUT2D eigenvalue weighted by atomic mass is 32.2. The summed E-state index contributed by atoms with van der Waals surface area (Å²) in [4.78, 5) is 14.4. The summed E-state index contributed by atoms with van der Waals surface area (Å²) < 4.78 is 32.3. The van der Waals surface area contributed by atoms with E-state index in [4.69, 9.17) is 4.42 Å². The molecule has 2 aromatic carbocycles. The molecule has 0 saturated heterocycles. The highest BCUT2D eigenvalue weighted by molar-refractivity contribution is 7.89. The van der Waals surface area contributed by atoms with Crippen molar-refractivity contribution < 1.29 is 17.6 Å². The Morgan fingerprint density at radius 2 is 1.55 bits per heavy atom. The van der Waals surface area contributed by atoms with Crippen molar-refractivity contribution in [3.63, 3.8) is 0 Å². The molecule has 0 spiro atoms. The Morgan fingerprint density at radius 1 is 0.897 bits per heavy atom. The molecule has 0 saturated carbocycles. The Labute approximate surface area is 171 Å². The maximum Gasteiger partial charge on any atom is 0.289 e. The van der Waals surface area contributed by atoms with Crippen molar-refractivity contribution in [2.75, 3.05) is 14.1 Å². The third-order valence-corrected chi connectivity index (χ3v) is 6.41. The quantitative estimate of drug-likeness (QED) is 0.594. The van der Waals surface area contributed by atoms with E-state index in [-0.39, 0.29) is 23.1 Å². The molecule has 3 aromatic rings. The molecule has 0 fully saturated rings. The van der Waals surface area contributed by atoms with Crippen molar-refractivity contribution in [3.05, 3.63) is 89.4 Å². The lowest BCUT2D eigenvalue weighted by molar-refractivity contribution is 0.0751. The van der Waals surface area contributed by atoms with Gasteiger partial charge in [0.05, 0.1) is 11.4 Å². The first kappa shape index (κ1) is 20.8. The zero-order chi connectivity index (χ0) is 21.0. The summed E-state index contributed by atoms with van der Waals surface area (Å²) in [7, 11) is -0.457. The molecule has 0 aliphatic carbocycles. The van der Waals surface area contributed by atoms with Gasteiger partial charge < -0.3 is 9.32 Å². The van der Waals surface area contributed by atoms with Crippen LogP contribution in [0, 0.1) is 6.92 Å². The minimum Gasteiger partial charge on any atom is -0.455 e. The second-order valence-corrected chi connectivity index (χ2v) is 9.03. The molecule has 152 valence electrons. The number of nitrogens with zero attached hydrogens (tertiary/aromatic N) is 2. The fourth-order valence-corrected chi connectivity index (χ4v) is 4.03. The van der Waals surface area contributed by atoms with E-state index in [1.807, 2.05) is 37.3 Å². The van der Waals surface area contributed by atoms with Gasteiger partial charge in [0.25, 0.3) is 5.91 Å². The molecule has 1 heterocycles. The van der Waals surface area contributed by atoms with E-state index in [9.17, 15) is 13.2 Å². The number of carbonyl (C=O) groups is 1. The molecule has 3 rings (SSSR count). The normalized spacial score (nSPS) is 11.6. The van der Waals surface area contributed by atoms with E-state index in [1.54, 1.807) is 48.3 Å². The van der Waals surface area contributed by atoms with Crippen molar-refractivity contribution >= 4 is 15.9 Å². The van der Waals surface area contributed by atoms with Crippen LogP contribution < -0.4 is 0 Å². The zero-order valence-corrected chi connectivity index (χ0v) is 17.5. The molecule has 29 heavy (non-hydrogen) atoms. The molecule has 0 atom stereocenters.